The van der Waals surface area contributed by atoms with Gasteiger partial charge in [-0.05, 0) is 251 Å². The van der Waals surface area contributed by atoms with Crippen molar-refractivity contribution in [2.75, 3.05) is 0 Å². The summed E-state index contributed by atoms with van der Waals surface area (Å²) in [5.41, 5.74) is -5.47. The number of allylic oxidation sites excluding steroid dienone is 6. The summed E-state index contributed by atoms with van der Waals surface area (Å²) < 4.78 is 182. The van der Waals surface area contributed by atoms with Crippen LogP contribution in [0.15, 0.2) is 71.8 Å². The first kappa shape index (κ1) is 39.4. The molecule has 30 atom stereocenters. The molecule has 0 saturated heterocycles. The minimum atomic E-state index is -5.27. The van der Waals surface area contributed by atoms with Crippen LogP contribution in [0.3, 0.4) is 0 Å². The summed E-state index contributed by atoms with van der Waals surface area (Å²) in [7, 11) is 0. The van der Waals surface area contributed by atoms with Gasteiger partial charge in [0.15, 0.2) is 0 Å². The van der Waals surface area contributed by atoms with Gasteiger partial charge in [-0.2, -0.15) is 52.7 Å². The van der Waals surface area contributed by atoms with Gasteiger partial charge in [-0.3, -0.25) is 0 Å². The maximum atomic E-state index is 15.1. The summed E-state index contributed by atoms with van der Waals surface area (Å²) in [6.07, 6.45) is -6.58. The van der Waals surface area contributed by atoms with E-state index in [4.69, 9.17) is 0 Å². The first-order valence-corrected chi connectivity index (χ1v) is 26.5. The molecule has 0 bridgehead atoms. The van der Waals surface area contributed by atoms with E-state index < -0.39 is 75.3 Å². The monoisotopic (exact) mass is 960 g/mol. The number of hydrogen-bond donors (Lipinski definition) is 0. The van der Waals surface area contributed by atoms with E-state index >= 15 is 52.7 Å². The normalized spacial score (nSPS) is 57.3. The Kier molecular flexibility index (Phi) is 6.28. The summed E-state index contributed by atoms with van der Waals surface area (Å²) in [6.45, 7) is 0. The van der Waals surface area contributed by atoms with Gasteiger partial charge in [-0.1, -0.05) is 35.5 Å². The second-order valence-corrected chi connectivity index (χ2v) is 26.7. The molecule has 69 heavy (non-hydrogen) atoms. The largest absolute Gasteiger partial charge is 0.416 e. The number of halogens is 12. The molecule has 19 rings (SSSR count). The fourth-order valence-corrected chi connectivity index (χ4v) is 27.1. The minimum Gasteiger partial charge on any atom is -0.166 e. The fraction of sp³-hybridized carbons (Fsp3) is 0.684. The van der Waals surface area contributed by atoms with Crippen molar-refractivity contribution in [3.8, 4) is 0 Å². The van der Waals surface area contributed by atoms with Gasteiger partial charge in [0.25, 0.3) is 0 Å². The Morgan fingerprint density at radius 1 is 0.304 bits per heavy atom. The second kappa shape index (κ2) is 11.0. The number of rotatable bonds is 2. The summed E-state index contributed by atoms with van der Waals surface area (Å²) in [5.74, 6) is 9.10. The lowest BCUT2D eigenvalue weighted by Gasteiger charge is -2.61. The molecule has 2 aromatic carbocycles. The van der Waals surface area contributed by atoms with Crippen LogP contribution in [-0.2, 0) is 30.1 Å². The zero-order valence-electron chi connectivity index (χ0n) is 37.0. The lowest BCUT2D eigenvalue weighted by atomic mass is 9.43. The average Bonchev–Trinajstić information content (AvgIpc) is 3.88. The molecule has 17 aliphatic rings. The Labute approximate surface area is 390 Å². The highest BCUT2D eigenvalue weighted by molar-refractivity contribution is 5.59. The minimum absolute atomic E-state index is 0.0639. The van der Waals surface area contributed by atoms with Crippen molar-refractivity contribution >= 4 is 0 Å². The molecule has 0 heterocycles. The highest BCUT2D eigenvalue weighted by atomic mass is 19.4. The topological polar surface area (TPSA) is 0 Å². The molecule has 30 unspecified atom stereocenters. The Bertz CT molecular complexity index is 2770. The molecule has 13 fully saturated rings. The Morgan fingerprint density at radius 2 is 0.652 bits per heavy atom. The summed E-state index contributed by atoms with van der Waals surface area (Å²) in [5, 5.41) is 0. The van der Waals surface area contributed by atoms with Crippen molar-refractivity contribution < 1.29 is 52.7 Å². The molecule has 0 aromatic heterocycles. The summed E-state index contributed by atoms with van der Waals surface area (Å²) in [6, 6.07) is 2.93. The molecule has 0 amide bonds. The molecular weight excluding hydrogens is 913 g/mol. The van der Waals surface area contributed by atoms with Gasteiger partial charge in [0.1, 0.15) is 0 Å². The van der Waals surface area contributed by atoms with Gasteiger partial charge < -0.3 is 0 Å². The van der Waals surface area contributed by atoms with Gasteiger partial charge in [-0.15, -0.1) is 0 Å². The number of benzene rings is 2. The smallest absolute Gasteiger partial charge is 0.166 e. The summed E-state index contributed by atoms with van der Waals surface area (Å²) in [4.78, 5) is 0. The molecule has 0 spiro atoms. The van der Waals surface area contributed by atoms with E-state index in [1.165, 1.54) is 12.8 Å². The Morgan fingerprint density at radius 3 is 1.19 bits per heavy atom. The van der Waals surface area contributed by atoms with Crippen LogP contribution in [0.1, 0.15) is 59.1 Å². The lowest BCUT2D eigenvalue weighted by molar-refractivity contribution is -0.147. The van der Waals surface area contributed by atoms with E-state index in [1.54, 1.807) is 5.57 Å². The van der Waals surface area contributed by atoms with Crippen molar-refractivity contribution in [3.05, 3.63) is 105 Å². The predicted octanol–water partition coefficient (Wildman–Crippen LogP) is 13.7. The van der Waals surface area contributed by atoms with E-state index in [0.29, 0.717) is 137 Å². The molecular formula is C57H48F12. The maximum Gasteiger partial charge on any atom is 0.416 e. The molecule has 17 aliphatic carbocycles. The molecule has 0 N–H and O–H groups in total. The highest BCUT2D eigenvalue weighted by Crippen LogP contribution is 2.94. The molecule has 2 aromatic rings. The Balaban J connectivity index is 0.925. The van der Waals surface area contributed by atoms with Crippen molar-refractivity contribution in [3.63, 3.8) is 0 Å². The van der Waals surface area contributed by atoms with E-state index in [1.807, 2.05) is 5.57 Å². The van der Waals surface area contributed by atoms with Gasteiger partial charge in [0.05, 0.1) is 22.3 Å². The number of hydrogen-bond acceptors (Lipinski definition) is 0. The van der Waals surface area contributed by atoms with Crippen LogP contribution in [0.2, 0.25) is 0 Å². The van der Waals surface area contributed by atoms with Crippen LogP contribution in [0.4, 0.5) is 52.7 Å². The van der Waals surface area contributed by atoms with Crippen molar-refractivity contribution in [2.24, 2.45) is 178 Å². The van der Waals surface area contributed by atoms with Crippen LogP contribution in [0, 0.1) is 178 Å². The third-order valence-corrected chi connectivity index (χ3v) is 26.6. The van der Waals surface area contributed by atoms with E-state index in [-0.39, 0.29) is 65.4 Å². The molecule has 13 saturated carbocycles. The van der Waals surface area contributed by atoms with Gasteiger partial charge >= 0.3 is 24.7 Å². The van der Waals surface area contributed by atoms with E-state index in [9.17, 15) is 0 Å². The predicted molar refractivity (Wildman–Crippen MR) is 222 cm³/mol. The number of fused-ring (bicyclic) bond motifs is 8. The van der Waals surface area contributed by atoms with Gasteiger partial charge in [0.2, 0.25) is 0 Å². The standard InChI is InChI=1S/C57H48F12/c58-54(59,60)17-9-15(10-18(13-17)55(61,62)63)53(16-11-19(56(64,65)66)14-20(12-16)57(67,68)69)51-37-27-7-5-25-23-3-1-21-22-2-4-24-26-6-8-28-36-34(26)41-32(24)30(22)39-29(21)31(23)40-33(25)35(27)42-44(37)45(38(28)52(51)53)43(36)50-48(41)46(39)47(40)49(42)50/h1,3,5,7,9-14,21-39,41-46,48-52H,2,4,6,8H2. The van der Waals surface area contributed by atoms with Gasteiger partial charge in [-0.25, -0.2) is 0 Å². The molecule has 360 valence electrons. The van der Waals surface area contributed by atoms with E-state index in [0.717, 1.165) is 12.8 Å². The molecule has 0 radical (unpaired) electrons. The first-order chi connectivity index (χ1) is 32.8. The summed E-state index contributed by atoms with van der Waals surface area (Å²) >= 11 is 0. The van der Waals surface area contributed by atoms with Crippen LogP contribution >= 0.6 is 0 Å². The van der Waals surface area contributed by atoms with Gasteiger partial charge in [0, 0.05) is 5.41 Å². The van der Waals surface area contributed by atoms with Crippen LogP contribution in [-0.4, -0.2) is 0 Å². The molecule has 12 heteroatoms. The molecule has 0 aliphatic heterocycles. The van der Waals surface area contributed by atoms with Crippen LogP contribution in [0.25, 0.3) is 0 Å². The van der Waals surface area contributed by atoms with Crippen LogP contribution in [0.5, 0.6) is 0 Å². The molecule has 0 nitrogen and oxygen atoms in total. The second-order valence-electron chi connectivity index (χ2n) is 26.7. The third-order valence-electron chi connectivity index (χ3n) is 26.6. The Hall–Kier alpha value is -3.18. The fourth-order valence-electron chi connectivity index (χ4n) is 27.1. The van der Waals surface area contributed by atoms with E-state index in [2.05, 4.69) is 24.3 Å². The van der Waals surface area contributed by atoms with Crippen molar-refractivity contribution in [1.29, 1.82) is 0 Å². The van der Waals surface area contributed by atoms with Crippen molar-refractivity contribution in [1.82, 2.24) is 0 Å². The number of alkyl halides is 12. The quantitative estimate of drug-likeness (QED) is 0.208. The van der Waals surface area contributed by atoms with Crippen molar-refractivity contribution in [2.45, 2.75) is 55.8 Å². The highest BCUT2D eigenvalue weighted by Gasteiger charge is 2.91. The average molecular weight is 961 g/mol. The van der Waals surface area contributed by atoms with Crippen LogP contribution < -0.4 is 0 Å². The third kappa shape index (κ3) is 3.82. The lowest BCUT2D eigenvalue weighted by Crippen LogP contribution is -2.58. The SMILES string of the molecule is FC(F)(F)c1cc(C(F)(F)F)cc(C2(c3cc(C(F)(F)F)cc(C(F)(F)F)c3)C3C4C5C=CC6C7C=CC8C9CCC%10C%11CCC%12C%13C%11C%11C%10C9C9C%10C%14=C(C7C89)C6C5C5C%14C(C%10%11)C%13C(C54)C%12C32)c1. The zero-order valence-corrected chi connectivity index (χ0v) is 37.0. The maximum absolute atomic E-state index is 15.1. The zero-order chi connectivity index (χ0) is 46.3. The first-order valence-electron chi connectivity index (χ1n) is 26.5.